The van der Waals surface area contributed by atoms with Crippen molar-refractivity contribution in [1.82, 2.24) is 0 Å². The highest BCUT2D eigenvalue weighted by Gasteiger charge is 2.15. The van der Waals surface area contributed by atoms with Crippen molar-refractivity contribution in [2.24, 2.45) is 0 Å². The van der Waals surface area contributed by atoms with Crippen LogP contribution in [0.2, 0.25) is 5.02 Å². The van der Waals surface area contributed by atoms with Gasteiger partial charge in [0, 0.05) is 19.2 Å². The molecule has 1 fully saturated rings. The molecule has 0 atom stereocenters. The standard InChI is InChI=1S/C11H11ClN4O/c12-10-7-9(16(14)8-13)1-2-11(10)15-3-5-17-6-4-15/h1-2,7H,3-6H2. The Hall–Kier alpha value is -1.64. The quantitative estimate of drug-likeness (QED) is 0.350. The number of benzene rings is 1. The van der Waals surface area contributed by atoms with Gasteiger partial charge in [-0.3, -0.25) is 0 Å². The maximum Gasteiger partial charge on any atom is 0.448 e. The van der Waals surface area contributed by atoms with Crippen molar-refractivity contribution in [3.8, 4) is 6.19 Å². The first-order valence-corrected chi connectivity index (χ1v) is 5.61. The summed E-state index contributed by atoms with van der Waals surface area (Å²) >= 11 is 6.13. The van der Waals surface area contributed by atoms with E-state index in [9.17, 15) is 5.53 Å². The zero-order valence-electron chi connectivity index (χ0n) is 9.14. The molecule has 1 heterocycles. The lowest BCUT2D eigenvalue weighted by atomic mass is 10.2. The number of hydrogen-bond acceptors (Lipinski definition) is 3. The Kier molecular flexibility index (Phi) is 3.57. The van der Waals surface area contributed by atoms with E-state index in [1.54, 1.807) is 24.4 Å². The number of anilines is 1. The Morgan fingerprint density at radius 1 is 1.41 bits per heavy atom. The Morgan fingerprint density at radius 2 is 2.12 bits per heavy atom. The second-order valence-electron chi connectivity index (χ2n) is 3.65. The smallest absolute Gasteiger partial charge is 0.448 e. The third-order valence-electron chi connectivity index (χ3n) is 2.62. The van der Waals surface area contributed by atoms with Crippen molar-refractivity contribution in [2.75, 3.05) is 31.2 Å². The number of ether oxygens (including phenoxy) is 1. The SMILES string of the molecule is N#C[N+](=[N-])c1ccc(N2CCOCC2)c(Cl)c1. The van der Waals surface area contributed by atoms with Crippen LogP contribution >= 0.6 is 11.6 Å². The first-order valence-electron chi connectivity index (χ1n) is 5.23. The highest BCUT2D eigenvalue weighted by atomic mass is 35.5. The molecule has 0 spiro atoms. The molecule has 6 heteroatoms. The lowest BCUT2D eigenvalue weighted by Crippen LogP contribution is -2.36. The molecule has 0 amide bonds. The van der Waals surface area contributed by atoms with Crippen LogP contribution in [0.15, 0.2) is 18.2 Å². The summed E-state index contributed by atoms with van der Waals surface area (Å²) in [4.78, 5) is 2.11. The lowest BCUT2D eigenvalue weighted by Gasteiger charge is -2.29. The monoisotopic (exact) mass is 250 g/mol. The first kappa shape index (κ1) is 11.8. The van der Waals surface area contributed by atoms with Crippen LogP contribution in [0.5, 0.6) is 0 Å². The summed E-state index contributed by atoms with van der Waals surface area (Å²) in [6.07, 6.45) is 1.60. The van der Waals surface area contributed by atoms with E-state index in [0.717, 1.165) is 18.8 Å². The summed E-state index contributed by atoms with van der Waals surface area (Å²) in [5, 5.41) is 9.07. The summed E-state index contributed by atoms with van der Waals surface area (Å²) in [7, 11) is 0. The Labute approximate surface area is 104 Å². The van der Waals surface area contributed by atoms with Crippen LogP contribution in [0.1, 0.15) is 0 Å². The molecule has 1 aliphatic heterocycles. The zero-order chi connectivity index (χ0) is 12.3. The highest BCUT2D eigenvalue weighted by Crippen LogP contribution is 2.30. The van der Waals surface area contributed by atoms with Gasteiger partial charge >= 0.3 is 6.19 Å². The van der Waals surface area contributed by atoms with E-state index in [1.165, 1.54) is 0 Å². The van der Waals surface area contributed by atoms with Gasteiger partial charge in [-0.1, -0.05) is 11.6 Å². The maximum absolute atomic E-state index is 9.23. The van der Waals surface area contributed by atoms with E-state index in [2.05, 4.69) is 4.90 Å². The molecule has 17 heavy (non-hydrogen) atoms. The fourth-order valence-corrected chi connectivity index (χ4v) is 2.04. The molecule has 0 N–H and O–H groups in total. The molecular formula is C11H11ClN4O. The van der Waals surface area contributed by atoms with E-state index in [1.807, 2.05) is 0 Å². The van der Waals surface area contributed by atoms with Gasteiger partial charge in [0.2, 0.25) is 0 Å². The molecule has 0 aliphatic carbocycles. The van der Waals surface area contributed by atoms with Crippen molar-refractivity contribution in [3.05, 3.63) is 28.8 Å². The minimum absolute atomic E-state index is 0.356. The first-order chi connectivity index (χ1) is 8.22. The van der Waals surface area contributed by atoms with Crippen LogP contribution < -0.4 is 4.90 Å². The Balaban J connectivity index is 2.25. The second-order valence-corrected chi connectivity index (χ2v) is 4.05. The summed E-state index contributed by atoms with van der Waals surface area (Å²) in [5.74, 6) is 0. The summed E-state index contributed by atoms with van der Waals surface area (Å²) in [5.41, 5.74) is 10.5. The maximum atomic E-state index is 9.23. The normalized spacial score (nSPS) is 15.4. The third kappa shape index (κ3) is 2.54. The number of nitriles is 1. The van der Waals surface area contributed by atoms with Gasteiger partial charge in [0.05, 0.1) is 23.9 Å². The molecule has 0 saturated carbocycles. The molecule has 1 aliphatic rings. The molecular weight excluding hydrogens is 240 g/mol. The van der Waals surface area contributed by atoms with E-state index in [4.69, 9.17) is 21.6 Å². The van der Waals surface area contributed by atoms with Crippen molar-refractivity contribution in [3.63, 3.8) is 0 Å². The average molecular weight is 251 g/mol. The molecule has 88 valence electrons. The Morgan fingerprint density at radius 3 is 2.71 bits per heavy atom. The lowest BCUT2D eigenvalue weighted by molar-refractivity contribution is -0.364. The van der Waals surface area contributed by atoms with Crippen LogP contribution in [-0.2, 0) is 4.74 Å². The van der Waals surface area contributed by atoms with Gasteiger partial charge in [-0.15, -0.1) is 0 Å². The minimum Gasteiger partial charge on any atom is -0.596 e. The molecule has 0 bridgehead atoms. The van der Waals surface area contributed by atoms with Gasteiger partial charge < -0.3 is 15.2 Å². The Bertz CT molecular complexity index is 477. The van der Waals surface area contributed by atoms with Crippen molar-refractivity contribution < 1.29 is 9.43 Å². The van der Waals surface area contributed by atoms with Crippen LogP contribution in [0.4, 0.5) is 11.4 Å². The van der Waals surface area contributed by atoms with E-state index in [-0.39, 0.29) is 0 Å². The van der Waals surface area contributed by atoms with Gasteiger partial charge in [-0.25, -0.2) is 4.70 Å². The molecule has 1 aromatic carbocycles. The summed E-state index contributed by atoms with van der Waals surface area (Å²) in [6, 6.07) is 5.01. The summed E-state index contributed by atoms with van der Waals surface area (Å²) in [6.45, 7) is 2.95. The highest BCUT2D eigenvalue weighted by molar-refractivity contribution is 6.33. The zero-order valence-corrected chi connectivity index (χ0v) is 9.89. The van der Waals surface area contributed by atoms with Crippen LogP contribution in [-0.4, -0.2) is 31.0 Å². The molecule has 0 unspecified atom stereocenters. The molecule has 0 radical (unpaired) electrons. The number of nitrogens with zero attached hydrogens (tertiary/aromatic N) is 4. The topological polar surface area (TPSA) is 61.6 Å². The third-order valence-corrected chi connectivity index (χ3v) is 2.93. The summed E-state index contributed by atoms with van der Waals surface area (Å²) < 4.78 is 5.75. The van der Waals surface area contributed by atoms with Crippen LogP contribution in [0, 0.1) is 11.5 Å². The molecule has 1 saturated heterocycles. The number of halogens is 1. The number of morpholine rings is 1. The van der Waals surface area contributed by atoms with Gasteiger partial charge in [0.25, 0.3) is 0 Å². The van der Waals surface area contributed by atoms with Gasteiger partial charge in [0.15, 0.2) is 5.26 Å². The van der Waals surface area contributed by atoms with E-state index in [0.29, 0.717) is 28.6 Å². The second kappa shape index (κ2) is 5.13. The molecule has 2 rings (SSSR count). The minimum atomic E-state index is 0.356. The van der Waals surface area contributed by atoms with Crippen LogP contribution in [0.25, 0.3) is 5.53 Å². The predicted octanol–water partition coefficient (Wildman–Crippen LogP) is 2.32. The van der Waals surface area contributed by atoms with E-state index < -0.39 is 0 Å². The van der Waals surface area contributed by atoms with E-state index >= 15 is 0 Å². The predicted molar refractivity (Wildman–Crippen MR) is 63.4 cm³/mol. The van der Waals surface area contributed by atoms with Gasteiger partial charge in [-0.05, 0) is 12.1 Å². The van der Waals surface area contributed by atoms with Gasteiger partial charge in [-0.2, -0.15) is 0 Å². The van der Waals surface area contributed by atoms with Crippen molar-refractivity contribution >= 4 is 23.0 Å². The van der Waals surface area contributed by atoms with Crippen molar-refractivity contribution in [1.29, 1.82) is 5.26 Å². The molecule has 0 aromatic heterocycles. The largest absolute Gasteiger partial charge is 0.596 e. The van der Waals surface area contributed by atoms with Gasteiger partial charge in [0.1, 0.15) is 5.69 Å². The molecule has 1 aromatic rings. The molecule has 5 nitrogen and oxygen atoms in total. The number of rotatable bonds is 2. The average Bonchev–Trinajstić information content (AvgIpc) is 2.38. The number of hydrogen-bond donors (Lipinski definition) is 0. The van der Waals surface area contributed by atoms with Crippen molar-refractivity contribution in [2.45, 2.75) is 0 Å². The fourth-order valence-electron chi connectivity index (χ4n) is 1.75. The fraction of sp³-hybridized carbons (Fsp3) is 0.364. The van der Waals surface area contributed by atoms with Crippen LogP contribution in [0.3, 0.4) is 0 Å².